The number of hydrogen-bond donors (Lipinski definition) is 2. The molecule has 2 rings (SSSR count). The van der Waals surface area contributed by atoms with Crippen LogP contribution in [0.25, 0.3) is 0 Å². The van der Waals surface area contributed by atoms with E-state index in [9.17, 15) is 9.90 Å². The van der Waals surface area contributed by atoms with E-state index in [1.54, 1.807) is 0 Å². The topological polar surface area (TPSA) is 66.6 Å². The molecule has 2 fully saturated rings. The minimum atomic E-state index is -0.350. The fourth-order valence-electron chi connectivity index (χ4n) is 3.07. The Morgan fingerprint density at radius 2 is 2.00 bits per heavy atom. The predicted molar refractivity (Wildman–Crippen MR) is 75.5 cm³/mol. The van der Waals surface area contributed by atoms with Gasteiger partial charge in [0, 0.05) is 24.5 Å². The van der Waals surface area contributed by atoms with Crippen LogP contribution in [0, 0.1) is 17.3 Å². The van der Waals surface area contributed by atoms with Crippen molar-refractivity contribution in [3.63, 3.8) is 0 Å². The molecule has 3 atom stereocenters. The quantitative estimate of drug-likeness (QED) is 0.812. The van der Waals surface area contributed by atoms with Gasteiger partial charge >= 0.3 is 0 Å². The van der Waals surface area contributed by atoms with Crippen LogP contribution in [0.15, 0.2) is 0 Å². The van der Waals surface area contributed by atoms with Crippen molar-refractivity contribution in [2.24, 2.45) is 23.0 Å². The van der Waals surface area contributed by atoms with Crippen LogP contribution >= 0.6 is 0 Å². The lowest BCUT2D eigenvalue weighted by atomic mass is 9.86. The van der Waals surface area contributed by atoms with Gasteiger partial charge in [0.2, 0.25) is 5.91 Å². The zero-order valence-corrected chi connectivity index (χ0v) is 12.4. The third-order valence-electron chi connectivity index (χ3n) is 4.24. The number of amides is 1. The molecule has 3 N–H and O–H groups in total. The van der Waals surface area contributed by atoms with Crippen LogP contribution in [0.2, 0.25) is 0 Å². The SMILES string of the molecule is CC(C)(C)C(=O)N1CC(N)CC(CC(O)C2CC2)C1. The van der Waals surface area contributed by atoms with Crippen LogP contribution in [-0.4, -0.2) is 41.1 Å². The molecule has 1 aliphatic heterocycles. The van der Waals surface area contributed by atoms with Gasteiger partial charge in [-0.05, 0) is 37.5 Å². The minimum Gasteiger partial charge on any atom is -0.393 e. The van der Waals surface area contributed by atoms with E-state index in [0.717, 1.165) is 32.2 Å². The lowest BCUT2D eigenvalue weighted by molar-refractivity contribution is -0.142. The average Bonchev–Trinajstić information content (AvgIpc) is 3.09. The molecule has 2 aliphatic rings. The maximum atomic E-state index is 12.4. The van der Waals surface area contributed by atoms with Crippen LogP contribution in [0.4, 0.5) is 0 Å². The van der Waals surface area contributed by atoms with E-state index in [2.05, 4.69) is 0 Å². The van der Waals surface area contributed by atoms with E-state index >= 15 is 0 Å². The van der Waals surface area contributed by atoms with Gasteiger partial charge in [-0.2, -0.15) is 0 Å². The Balaban J connectivity index is 1.93. The van der Waals surface area contributed by atoms with Crippen LogP contribution in [0.3, 0.4) is 0 Å². The fourth-order valence-corrected chi connectivity index (χ4v) is 3.07. The van der Waals surface area contributed by atoms with E-state index in [1.165, 1.54) is 0 Å². The monoisotopic (exact) mass is 268 g/mol. The second-order valence-electron chi connectivity index (χ2n) is 7.46. The molecular weight excluding hydrogens is 240 g/mol. The first kappa shape index (κ1) is 14.8. The van der Waals surface area contributed by atoms with Gasteiger partial charge in [0.05, 0.1) is 6.10 Å². The summed E-state index contributed by atoms with van der Waals surface area (Å²) in [6.45, 7) is 7.26. The first-order valence-electron chi connectivity index (χ1n) is 7.50. The van der Waals surface area contributed by atoms with Gasteiger partial charge in [-0.3, -0.25) is 4.79 Å². The van der Waals surface area contributed by atoms with Crippen molar-refractivity contribution >= 4 is 5.91 Å². The molecule has 4 heteroatoms. The molecular formula is C15H28N2O2. The van der Waals surface area contributed by atoms with Crippen molar-refractivity contribution in [3.8, 4) is 0 Å². The number of rotatable bonds is 3. The van der Waals surface area contributed by atoms with E-state index < -0.39 is 0 Å². The molecule has 19 heavy (non-hydrogen) atoms. The molecule has 1 amide bonds. The third kappa shape index (κ3) is 3.93. The van der Waals surface area contributed by atoms with Crippen LogP contribution in [0.1, 0.15) is 46.5 Å². The molecule has 0 aromatic heterocycles. The largest absolute Gasteiger partial charge is 0.393 e. The highest BCUT2D eigenvalue weighted by Crippen LogP contribution is 2.36. The van der Waals surface area contributed by atoms with Gasteiger partial charge in [-0.25, -0.2) is 0 Å². The summed E-state index contributed by atoms with van der Waals surface area (Å²) in [4.78, 5) is 14.3. The highest BCUT2D eigenvalue weighted by molar-refractivity contribution is 5.81. The minimum absolute atomic E-state index is 0.0523. The van der Waals surface area contributed by atoms with Crippen molar-refractivity contribution in [2.45, 2.75) is 58.6 Å². The first-order valence-corrected chi connectivity index (χ1v) is 7.50. The van der Waals surface area contributed by atoms with Crippen molar-refractivity contribution in [2.75, 3.05) is 13.1 Å². The molecule has 0 aromatic rings. The molecule has 3 unspecified atom stereocenters. The van der Waals surface area contributed by atoms with E-state index in [-0.39, 0.29) is 23.5 Å². The zero-order chi connectivity index (χ0) is 14.2. The Morgan fingerprint density at radius 1 is 1.37 bits per heavy atom. The number of aliphatic hydroxyl groups excluding tert-OH is 1. The van der Waals surface area contributed by atoms with E-state index in [4.69, 9.17) is 5.73 Å². The standard InChI is InChI=1S/C15H28N2O2/c1-15(2,3)14(19)17-8-10(6-12(16)9-17)7-13(18)11-4-5-11/h10-13,18H,4-9,16H2,1-3H3. The summed E-state index contributed by atoms with van der Waals surface area (Å²) in [5.74, 6) is 1.03. The third-order valence-corrected chi connectivity index (χ3v) is 4.24. The molecule has 1 saturated carbocycles. The Kier molecular flexibility index (Phi) is 4.21. The number of likely N-dealkylation sites (tertiary alicyclic amines) is 1. The number of piperidine rings is 1. The highest BCUT2D eigenvalue weighted by atomic mass is 16.3. The summed E-state index contributed by atoms with van der Waals surface area (Å²) in [6, 6.07) is 0.0523. The second-order valence-corrected chi connectivity index (χ2v) is 7.46. The highest BCUT2D eigenvalue weighted by Gasteiger charge is 2.36. The Morgan fingerprint density at radius 3 is 2.53 bits per heavy atom. The molecule has 0 spiro atoms. The zero-order valence-electron chi connectivity index (χ0n) is 12.4. The van der Waals surface area contributed by atoms with Gasteiger partial charge < -0.3 is 15.7 Å². The van der Waals surface area contributed by atoms with E-state index in [0.29, 0.717) is 18.4 Å². The maximum absolute atomic E-state index is 12.4. The van der Waals surface area contributed by atoms with Crippen molar-refractivity contribution in [1.82, 2.24) is 4.90 Å². The molecule has 0 bridgehead atoms. The normalized spacial score (nSPS) is 30.3. The molecule has 1 saturated heterocycles. The molecule has 1 heterocycles. The molecule has 0 aromatic carbocycles. The number of carbonyl (C=O) groups is 1. The Labute approximate surface area is 116 Å². The molecule has 110 valence electrons. The van der Waals surface area contributed by atoms with Crippen LogP contribution < -0.4 is 5.73 Å². The van der Waals surface area contributed by atoms with Gasteiger partial charge in [0.15, 0.2) is 0 Å². The average molecular weight is 268 g/mol. The summed E-state index contributed by atoms with van der Waals surface area (Å²) < 4.78 is 0. The van der Waals surface area contributed by atoms with Crippen molar-refractivity contribution in [1.29, 1.82) is 0 Å². The Bertz CT molecular complexity index is 334. The number of carbonyl (C=O) groups excluding carboxylic acids is 1. The van der Waals surface area contributed by atoms with Gasteiger partial charge in [0.1, 0.15) is 0 Å². The number of aliphatic hydroxyl groups is 1. The maximum Gasteiger partial charge on any atom is 0.228 e. The van der Waals surface area contributed by atoms with Crippen LogP contribution in [0.5, 0.6) is 0 Å². The molecule has 0 radical (unpaired) electrons. The fraction of sp³-hybridized carbons (Fsp3) is 0.933. The smallest absolute Gasteiger partial charge is 0.228 e. The summed E-state index contributed by atoms with van der Waals surface area (Å²) in [6.07, 6.45) is 3.85. The number of nitrogens with zero attached hydrogens (tertiary/aromatic N) is 1. The molecule has 4 nitrogen and oxygen atoms in total. The Hall–Kier alpha value is -0.610. The lowest BCUT2D eigenvalue weighted by Crippen LogP contribution is -2.52. The van der Waals surface area contributed by atoms with Crippen molar-refractivity contribution < 1.29 is 9.90 Å². The summed E-state index contributed by atoms with van der Waals surface area (Å²) >= 11 is 0. The van der Waals surface area contributed by atoms with Gasteiger partial charge in [0.25, 0.3) is 0 Å². The number of hydrogen-bond acceptors (Lipinski definition) is 3. The summed E-state index contributed by atoms with van der Waals surface area (Å²) in [7, 11) is 0. The van der Waals surface area contributed by atoms with Crippen LogP contribution in [-0.2, 0) is 4.79 Å². The number of nitrogens with two attached hydrogens (primary N) is 1. The van der Waals surface area contributed by atoms with Gasteiger partial charge in [-0.15, -0.1) is 0 Å². The molecule has 1 aliphatic carbocycles. The summed E-state index contributed by atoms with van der Waals surface area (Å²) in [5.41, 5.74) is 5.74. The predicted octanol–water partition coefficient (Wildman–Crippen LogP) is 1.37. The lowest BCUT2D eigenvalue weighted by Gasteiger charge is -2.39. The van der Waals surface area contributed by atoms with Gasteiger partial charge in [-0.1, -0.05) is 20.8 Å². The van der Waals surface area contributed by atoms with Crippen molar-refractivity contribution in [3.05, 3.63) is 0 Å². The first-order chi connectivity index (χ1) is 8.77. The van der Waals surface area contributed by atoms with E-state index in [1.807, 2.05) is 25.7 Å². The summed E-state index contributed by atoms with van der Waals surface area (Å²) in [5, 5.41) is 10.1. The second kappa shape index (κ2) is 5.41.